The van der Waals surface area contributed by atoms with Crippen molar-refractivity contribution in [3.63, 3.8) is 0 Å². The van der Waals surface area contributed by atoms with Crippen LogP contribution in [0.3, 0.4) is 0 Å². The van der Waals surface area contributed by atoms with Gasteiger partial charge in [0.1, 0.15) is 11.8 Å². The number of hydrogen-bond acceptors (Lipinski definition) is 2. The first-order valence-corrected chi connectivity index (χ1v) is 9.23. The smallest absolute Gasteiger partial charge is 0.135 e. The van der Waals surface area contributed by atoms with E-state index >= 15 is 0 Å². The van der Waals surface area contributed by atoms with Crippen LogP contribution >= 0.6 is 0 Å². The van der Waals surface area contributed by atoms with Crippen LogP contribution in [0.5, 0.6) is 5.75 Å². The third kappa shape index (κ3) is 2.27. The standard InChI is InChI=1S/C26H17NO/c1-28-26-21-14-8-7-12-19(21)20-13-6-5-11-18-15-22(25(26)24(18)20)23(16-27)17-9-3-2-4-10-17/h2-15H,1H3/b23-22-. The van der Waals surface area contributed by atoms with E-state index in [4.69, 9.17) is 4.74 Å². The van der Waals surface area contributed by atoms with Crippen molar-refractivity contribution < 1.29 is 4.74 Å². The average molecular weight is 359 g/mol. The molecule has 0 radical (unpaired) electrons. The second-order valence-corrected chi connectivity index (χ2v) is 6.83. The molecule has 0 aromatic heterocycles. The minimum atomic E-state index is 0.661. The Hall–Kier alpha value is -3.83. The van der Waals surface area contributed by atoms with Crippen molar-refractivity contribution in [3.8, 4) is 22.9 Å². The highest BCUT2D eigenvalue weighted by Crippen LogP contribution is 2.43. The molecular weight excluding hydrogens is 342 g/mol. The van der Waals surface area contributed by atoms with Crippen LogP contribution in [0.15, 0.2) is 84.9 Å². The van der Waals surface area contributed by atoms with E-state index in [-0.39, 0.29) is 0 Å². The van der Waals surface area contributed by atoms with Crippen LogP contribution in [-0.2, 0) is 0 Å². The molecule has 0 atom stereocenters. The van der Waals surface area contributed by atoms with Gasteiger partial charge in [-0.1, -0.05) is 78.9 Å². The molecule has 28 heavy (non-hydrogen) atoms. The maximum Gasteiger partial charge on any atom is 0.135 e. The van der Waals surface area contributed by atoms with Gasteiger partial charge in [0.25, 0.3) is 0 Å². The lowest BCUT2D eigenvalue weighted by atomic mass is 9.95. The minimum Gasteiger partial charge on any atom is -0.495 e. The average Bonchev–Trinajstić information content (AvgIpc) is 2.97. The summed E-state index contributed by atoms with van der Waals surface area (Å²) in [5.41, 5.74) is 3.82. The number of ether oxygens (including phenoxy) is 1. The number of rotatable bonds is 2. The van der Waals surface area contributed by atoms with E-state index in [1.807, 2.05) is 42.5 Å². The summed E-state index contributed by atoms with van der Waals surface area (Å²) in [5.74, 6) is 0.822. The Bertz CT molecular complexity index is 1390. The third-order valence-corrected chi connectivity index (χ3v) is 5.36. The summed E-state index contributed by atoms with van der Waals surface area (Å²) >= 11 is 0. The summed E-state index contributed by atoms with van der Waals surface area (Å²) < 4.78 is 5.92. The van der Waals surface area contributed by atoms with E-state index in [1.165, 1.54) is 5.39 Å². The number of hydrogen-bond donors (Lipinski definition) is 0. The first-order chi connectivity index (χ1) is 13.8. The molecular formula is C26H17NO. The monoisotopic (exact) mass is 359 g/mol. The zero-order chi connectivity index (χ0) is 19.1. The highest BCUT2D eigenvalue weighted by molar-refractivity contribution is 6.18. The van der Waals surface area contributed by atoms with E-state index in [1.54, 1.807) is 7.11 Å². The lowest BCUT2D eigenvalue weighted by Crippen LogP contribution is -2.05. The van der Waals surface area contributed by atoms with E-state index in [0.29, 0.717) is 5.57 Å². The lowest BCUT2D eigenvalue weighted by Gasteiger charge is -2.12. The van der Waals surface area contributed by atoms with E-state index in [2.05, 4.69) is 48.5 Å². The molecule has 2 aliphatic carbocycles. The first kappa shape index (κ1) is 16.4. The Morgan fingerprint density at radius 1 is 0.786 bits per heavy atom. The summed E-state index contributed by atoms with van der Waals surface area (Å²) in [5, 5.41) is 15.3. The number of methoxy groups -OCH3 is 1. The van der Waals surface area contributed by atoms with Crippen molar-refractivity contribution in [1.82, 2.24) is 0 Å². The SMILES string of the molecule is COc1c2c3c(ccccc-3c/c2=C(\C#N)c2ccccc2)c2ccccc12. The van der Waals surface area contributed by atoms with Gasteiger partial charge in [0.2, 0.25) is 0 Å². The van der Waals surface area contributed by atoms with E-state index in [0.717, 1.165) is 43.8 Å². The van der Waals surface area contributed by atoms with E-state index in [9.17, 15) is 5.26 Å². The van der Waals surface area contributed by atoms with Gasteiger partial charge in [0.15, 0.2) is 0 Å². The molecule has 2 nitrogen and oxygen atoms in total. The van der Waals surface area contributed by atoms with Gasteiger partial charge in [0, 0.05) is 21.6 Å². The predicted octanol–water partition coefficient (Wildman–Crippen LogP) is 5.55. The molecule has 132 valence electrons. The summed E-state index contributed by atoms with van der Waals surface area (Å²) in [7, 11) is 1.71. The summed E-state index contributed by atoms with van der Waals surface area (Å²) in [6.07, 6.45) is 0. The largest absolute Gasteiger partial charge is 0.495 e. The lowest BCUT2D eigenvalue weighted by molar-refractivity contribution is 0.424. The molecule has 5 rings (SSSR count). The molecule has 0 bridgehead atoms. The van der Waals surface area contributed by atoms with E-state index < -0.39 is 0 Å². The van der Waals surface area contributed by atoms with Crippen LogP contribution in [0.25, 0.3) is 38.2 Å². The molecule has 0 saturated carbocycles. The molecule has 0 heterocycles. The van der Waals surface area contributed by atoms with Crippen molar-refractivity contribution in [2.45, 2.75) is 0 Å². The molecule has 0 fully saturated rings. The molecule has 0 spiro atoms. The fourth-order valence-corrected chi connectivity index (χ4v) is 4.20. The second kappa shape index (κ2) is 6.40. The quantitative estimate of drug-likeness (QED) is 0.414. The fourth-order valence-electron chi connectivity index (χ4n) is 4.20. The van der Waals surface area contributed by atoms with Crippen LogP contribution in [0.4, 0.5) is 0 Å². The third-order valence-electron chi connectivity index (χ3n) is 5.36. The second-order valence-electron chi connectivity index (χ2n) is 6.83. The topological polar surface area (TPSA) is 33.0 Å². The Balaban J connectivity index is 2.12. The van der Waals surface area contributed by atoms with Crippen LogP contribution in [-0.4, -0.2) is 7.11 Å². The zero-order valence-electron chi connectivity index (χ0n) is 15.4. The van der Waals surface area contributed by atoms with Crippen LogP contribution in [0.2, 0.25) is 0 Å². The van der Waals surface area contributed by atoms with Crippen LogP contribution < -0.4 is 9.96 Å². The number of nitriles is 1. The number of benzene rings is 3. The molecule has 3 aromatic carbocycles. The normalized spacial score (nSPS) is 12.3. The Kier molecular flexibility index (Phi) is 3.74. The van der Waals surface area contributed by atoms with Crippen molar-refractivity contribution in [1.29, 1.82) is 5.26 Å². The molecule has 3 aromatic rings. The van der Waals surface area contributed by atoms with Gasteiger partial charge >= 0.3 is 0 Å². The minimum absolute atomic E-state index is 0.661. The summed E-state index contributed by atoms with van der Waals surface area (Å²) in [6.45, 7) is 0. The van der Waals surface area contributed by atoms with Crippen LogP contribution in [0.1, 0.15) is 5.56 Å². The summed E-state index contributed by atoms with van der Waals surface area (Å²) in [4.78, 5) is 0. The van der Waals surface area contributed by atoms with Gasteiger partial charge < -0.3 is 4.74 Å². The van der Waals surface area contributed by atoms with Gasteiger partial charge in [0.05, 0.1) is 12.7 Å². The van der Waals surface area contributed by atoms with Crippen molar-refractivity contribution >= 4 is 27.1 Å². The Morgan fingerprint density at radius 3 is 2.14 bits per heavy atom. The molecule has 2 aliphatic rings. The molecule has 0 N–H and O–H groups in total. The van der Waals surface area contributed by atoms with Gasteiger partial charge in [-0.3, -0.25) is 0 Å². The molecule has 0 aliphatic heterocycles. The van der Waals surface area contributed by atoms with Gasteiger partial charge in [-0.25, -0.2) is 0 Å². The maximum absolute atomic E-state index is 10.0. The predicted molar refractivity (Wildman–Crippen MR) is 114 cm³/mol. The molecule has 2 heteroatoms. The molecule has 0 unspecified atom stereocenters. The Labute approximate surface area is 163 Å². The molecule has 0 amide bonds. The first-order valence-electron chi connectivity index (χ1n) is 9.23. The zero-order valence-corrected chi connectivity index (χ0v) is 15.4. The summed E-state index contributed by atoms with van der Waals surface area (Å²) in [6, 6.07) is 31.1. The van der Waals surface area contributed by atoms with Crippen molar-refractivity contribution in [2.75, 3.05) is 7.11 Å². The van der Waals surface area contributed by atoms with Gasteiger partial charge in [-0.2, -0.15) is 5.26 Å². The number of nitrogens with zero attached hydrogens (tertiary/aromatic N) is 1. The van der Waals surface area contributed by atoms with Gasteiger partial charge in [-0.05, 0) is 28.0 Å². The maximum atomic E-state index is 10.0. The highest BCUT2D eigenvalue weighted by atomic mass is 16.5. The van der Waals surface area contributed by atoms with Gasteiger partial charge in [-0.15, -0.1) is 0 Å². The fraction of sp³-hybridized carbons (Fsp3) is 0.0385. The highest BCUT2D eigenvalue weighted by Gasteiger charge is 2.21. The Morgan fingerprint density at radius 2 is 1.43 bits per heavy atom. The number of fused-ring (bicyclic) bond motifs is 2. The van der Waals surface area contributed by atoms with Crippen molar-refractivity contribution in [3.05, 3.63) is 95.7 Å². The molecule has 0 saturated heterocycles. The van der Waals surface area contributed by atoms with Crippen LogP contribution in [0, 0.1) is 11.3 Å². The van der Waals surface area contributed by atoms with Crippen molar-refractivity contribution in [2.24, 2.45) is 0 Å².